The van der Waals surface area contributed by atoms with Crippen molar-refractivity contribution in [3.8, 4) is 5.75 Å². The third kappa shape index (κ3) is 3.51. The fourth-order valence-corrected chi connectivity index (χ4v) is 2.04. The number of hydrogen-bond acceptors (Lipinski definition) is 4. The van der Waals surface area contributed by atoms with Crippen LogP contribution in [0.5, 0.6) is 5.75 Å². The van der Waals surface area contributed by atoms with Crippen LogP contribution < -0.4 is 5.43 Å². The molecule has 5 nitrogen and oxygen atoms in total. The highest BCUT2D eigenvalue weighted by molar-refractivity contribution is 6.02. The molecule has 1 heterocycles. The molecule has 0 aliphatic heterocycles. The Bertz CT molecular complexity index is 669. The molecule has 1 amide bonds. The second kappa shape index (κ2) is 6.26. The van der Waals surface area contributed by atoms with E-state index in [2.05, 4.69) is 10.5 Å². The van der Waals surface area contributed by atoms with E-state index in [1.165, 1.54) is 0 Å². The van der Waals surface area contributed by atoms with Crippen molar-refractivity contribution in [3.05, 3.63) is 53.0 Å². The molecule has 0 saturated carbocycles. The summed E-state index contributed by atoms with van der Waals surface area (Å²) in [5.41, 5.74) is 4.62. The Balaban J connectivity index is 2.16. The second-order valence-corrected chi connectivity index (χ2v) is 4.73. The number of phenolic OH excluding ortho intramolecular Hbond substituents is 1. The highest BCUT2D eigenvalue weighted by Crippen LogP contribution is 2.14. The molecule has 2 N–H and O–H groups in total. The number of phenols is 1. The maximum atomic E-state index is 12.1. The van der Waals surface area contributed by atoms with Crippen LogP contribution in [0, 0.1) is 13.8 Å². The molecule has 0 fully saturated rings. The first kappa shape index (κ1) is 14.8. The van der Waals surface area contributed by atoms with Crippen molar-refractivity contribution in [2.75, 3.05) is 0 Å². The maximum Gasteiger partial charge on any atom is 0.274 e. The van der Waals surface area contributed by atoms with Gasteiger partial charge in [-0.25, -0.2) is 5.43 Å². The Hall–Kier alpha value is -2.56. The van der Waals surface area contributed by atoms with Crippen LogP contribution in [0.4, 0.5) is 0 Å². The van der Waals surface area contributed by atoms with Crippen LogP contribution in [0.15, 0.2) is 39.9 Å². The number of furan rings is 1. The van der Waals surface area contributed by atoms with Gasteiger partial charge in [-0.1, -0.05) is 6.92 Å². The van der Waals surface area contributed by atoms with Crippen LogP contribution in [-0.4, -0.2) is 16.7 Å². The quantitative estimate of drug-likeness (QED) is 0.669. The van der Waals surface area contributed by atoms with Crippen molar-refractivity contribution in [2.45, 2.75) is 27.2 Å². The number of rotatable bonds is 4. The number of amides is 1. The zero-order valence-electron chi connectivity index (χ0n) is 12.3. The monoisotopic (exact) mass is 286 g/mol. The smallest absolute Gasteiger partial charge is 0.274 e. The van der Waals surface area contributed by atoms with Gasteiger partial charge in [0.15, 0.2) is 0 Å². The Morgan fingerprint density at radius 1 is 1.29 bits per heavy atom. The molecular weight excluding hydrogens is 268 g/mol. The first-order chi connectivity index (χ1) is 10.0. The summed E-state index contributed by atoms with van der Waals surface area (Å²) in [6.45, 7) is 5.48. The van der Waals surface area contributed by atoms with Gasteiger partial charge >= 0.3 is 0 Å². The number of hydrogen-bond donors (Lipinski definition) is 2. The van der Waals surface area contributed by atoms with E-state index in [9.17, 15) is 9.90 Å². The van der Waals surface area contributed by atoms with E-state index < -0.39 is 0 Å². The molecule has 0 spiro atoms. The molecule has 110 valence electrons. The van der Waals surface area contributed by atoms with Crippen LogP contribution >= 0.6 is 0 Å². The van der Waals surface area contributed by atoms with Crippen molar-refractivity contribution in [2.24, 2.45) is 5.10 Å². The van der Waals surface area contributed by atoms with E-state index in [1.54, 1.807) is 44.2 Å². The van der Waals surface area contributed by atoms with Gasteiger partial charge in [0.1, 0.15) is 17.3 Å². The minimum Gasteiger partial charge on any atom is -0.508 e. The molecule has 2 aromatic rings. The first-order valence-electron chi connectivity index (χ1n) is 6.74. The maximum absolute atomic E-state index is 12.1. The molecule has 0 saturated heterocycles. The highest BCUT2D eigenvalue weighted by Gasteiger charge is 2.13. The summed E-state index contributed by atoms with van der Waals surface area (Å²) >= 11 is 0. The van der Waals surface area contributed by atoms with Gasteiger partial charge in [0, 0.05) is 0 Å². The van der Waals surface area contributed by atoms with E-state index in [1.807, 2.05) is 6.92 Å². The summed E-state index contributed by atoms with van der Waals surface area (Å²) < 4.78 is 5.33. The number of benzene rings is 1. The lowest BCUT2D eigenvalue weighted by Gasteiger charge is -2.05. The number of hydrazone groups is 1. The molecule has 0 unspecified atom stereocenters. The van der Waals surface area contributed by atoms with Gasteiger partial charge in [-0.15, -0.1) is 0 Å². The molecular formula is C16H18N2O3. The largest absolute Gasteiger partial charge is 0.508 e. The second-order valence-electron chi connectivity index (χ2n) is 4.73. The lowest BCUT2D eigenvalue weighted by atomic mass is 10.1. The summed E-state index contributed by atoms with van der Waals surface area (Å²) in [7, 11) is 0. The zero-order chi connectivity index (χ0) is 15.4. The van der Waals surface area contributed by atoms with Gasteiger partial charge in [0.05, 0.1) is 11.3 Å². The van der Waals surface area contributed by atoms with E-state index >= 15 is 0 Å². The van der Waals surface area contributed by atoms with Crippen LogP contribution in [0.2, 0.25) is 0 Å². The Morgan fingerprint density at radius 2 is 1.95 bits per heavy atom. The Morgan fingerprint density at radius 3 is 2.48 bits per heavy atom. The molecule has 0 bridgehead atoms. The van der Waals surface area contributed by atoms with Gasteiger partial charge in [0.25, 0.3) is 5.91 Å². The number of nitrogens with one attached hydrogen (secondary N) is 1. The number of aromatic hydroxyl groups is 1. The van der Waals surface area contributed by atoms with Crippen molar-refractivity contribution in [1.29, 1.82) is 0 Å². The Kier molecular flexibility index (Phi) is 4.42. The predicted molar refractivity (Wildman–Crippen MR) is 80.6 cm³/mol. The summed E-state index contributed by atoms with van der Waals surface area (Å²) in [6, 6.07) is 8.39. The lowest BCUT2D eigenvalue weighted by Crippen LogP contribution is -2.20. The zero-order valence-corrected chi connectivity index (χ0v) is 12.3. The predicted octanol–water partition coefficient (Wildman–Crippen LogP) is 3.15. The molecule has 21 heavy (non-hydrogen) atoms. The summed E-state index contributed by atoms with van der Waals surface area (Å²) in [6.07, 6.45) is 0.661. The fraction of sp³-hybridized carbons (Fsp3) is 0.250. The molecule has 0 radical (unpaired) electrons. The molecule has 1 aromatic heterocycles. The van der Waals surface area contributed by atoms with Crippen molar-refractivity contribution >= 4 is 11.6 Å². The van der Waals surface area contributed by atoms with Crippen molar-refractivity contribution in [1.82, 2.24) is 5.43 Å². The fourth-order valence-electron chi connectivity index (χ4n) is 2.04. The molecule has 5 heteroatoms. The third-order valence-corrected chi connectivity index (χ3v) is 3.11. The number of aryl methyl sites for hydroxylation is 2. The normalized spacial score (nSPS) is 11.5. The number of carbonyl (C=O) groups excluding carboxylic acids is 1. The van der Waals surface area contributed by atoms with E-state index in [0.717, 1.165) is 11.3 Å². The van der Waals surface area contributed by atoms with Gasteiger partial charge in [0.2, 0.25) is 0 Å². The summed E-state index contributed by atoms with van der Waals surface area (Å²) in [5, 5.41) is 13.5. The molecule has 0 aliphatic carbocycles. The van der Waals surface area contributed by atoms with Crippen LogP contribution in [0.3, 0.4) is 0 Å². The van der Waals surface area contributed by atoms with Gasteiger partial charge in [-0.05, 0) is 56.2 Å². The van der Waals surface area contributed by atoms with E-state index in [0.29, 0.717) is 23.5 Å². The average Bonchev–Trinajstić information content (AvgIpc) is 2.80. The first-order valence-corrected chi connectivity index (χ1v) is 6.74. The number of nitrogens with zero attached hydrogens (tertiary/aromatic N) is 1. The van der Waals surface area contributed by atoms with E-state index in [4.69, 9.17) is 4.42 Å². The molecule has 0 aliphatic rings. The van der Waals surface area contributed by atoms with Crippen molar-refractivity contribution < 1.29 is 14.3 Å². The van der Waals surface area contributed by atoms with Gasteiger partial charge < -0.3 is 9.52 Å². The standard InChI is InChI=1S/C16H18N2O3/c1-4-15(12-5-7-13(19)8-6-12)17-18-16(20)14-9-10(2)21-11(14)3/h5-9,19H,4H2,1-3H3,(H,18,20). The lowest BCUT2D eigenvalue weighted by molar-refractivity contribution is 0.0953. The molecule has 0 atom stereocenters. The topological polar surface area (TPSA) is 74.8 Å². The van der Waals surface area contributed by atoms with Gasteiger partial charge in [-0.3, -0.25) is 4.79 Å². The number of carbonyl (C=O) groups is 1. The van der Waals surface area contributed by atoms with Gasteiger partial charge in [-0.2, -0.15) is 5.10 Å². The van der Waals surface area contributed by atoms with E-state index in [-0.39, 0.29) is 11.7 Å². The van der Waals surface area contributed by atoms with Crippen LogP contribution in [0.25, 0.3) is 0 Å². The highest BCUT2D eigenvalue weighted by atomic mass is 16.3. The molecule has 2 rings (SSSR count). The van der Waals surface area contributed by atoms with Crippen LogP contribution in [-0.2, 0) is 0 Å². The third-order valence-electron chi connectivity index (χ3n) is 3.11. The molecule has 1 aromatic carbocycles. The van der Waals surface area contributed by atoms with Crippen LogP contribution in [0.1, 0.15) is 40.8 Å². The summed E-state index contributed by atoms with van der Waals surface area (Å²) in [5.74, 6) is 1.16. The Labute approximate surface area is 123 Å². The summed E-state index contributed by atoms with van der Waals surface area (Å²) in [4.78, 5) is 12.1. The SMILES string of the molecule is CCC(=NNC(=O)c1cc(C)oc1C)c1ccc(O)cc1. The van der Waals surface area contributed by atoms with Crippen molar-refractivity contribution in [3.63, 3.8) is 0 Å². The minimum atomic E-state index is -0.297. The minimum absolute atomic E-state index is 0.197. The average molecular weight is 286 g/mol.